The fourth-order valence-corrected chi connectivity index (χ4v) is 3.01. The number of rotatable bonds is 2. The highest BCUT2D eigenvalue weighted by atomic mass is 35.5. The Morgan fingerprint density at radius 2 is 2.00 bits per heavy atom. The van der Waals surface area contributed by atoms with Crippen LogP contribution in [0, 0.1) is 0 Å². The smallest absolute Gasteiger partial charge is 0.348 e. The van der Waals surface area contributed by atoms with Gasteiger partial charge in [-0.3, -0.25) is 0 Å². The number of hydrogen-bond donors (Lipinski definition) is 1. The zero-order valence-corrected chi connectivity index (χ0v) is 11.6. The molecule has 0 saturated heterocycles. The highest BCUT2D eigenvalue weighted by Gasteiger charge is 2.12. The lowest BCUT2D eigenvalue weighted by Gasteiger charge is -1.97. The van der Waals surface area contributed by atoms with Gasteiger partial charge in [-0.1, -0.05) is 23.7 Å². The zero-order chi connectivity index (χ0) is 13.4. The van der Waals surface area contributed by atoms with Crippen LogP contribution in [0.4, 0.5) is 0 Å². The van der Waals surface area contributed by atoms with E-state index in [1.807, 2.05) is 36.4 Å². The lowest BCUT2D eigenvalue weighted by Crippen LogP contribution is -1.96. The molecule has 0 fully saturated rings. The summed E-state index contributed by atoms with van der Waals surface area (Å²) in [5.74, 6) is -0.303. The molecule has 3 nitrogen and oxygen atoms in total. The van der Waals surface area contributed by atoms with Gasteiger partial charge >= 0.3 is 5.97 Å². The summed E-state index contributed by atoms with van der Waals surface area (Å²) in [5.41, 5.74) is 3.01. The van der Waals surface area contributed by atoms with Gasteiger partial charge in [-0.15, -0.1) is 11.3 Å². The molecule has 0 radical (unpaired) electrons. The highest BCUT2D eigenvalue weighted by molar-refractivity contribution is 7.20. The first-order valence-electron chi connectivity index (χ1n) is 5.64. The van der Waals surface area contributed by atoms with Crippen molar-refractivity contribution < 1.29 is 9.53 Å². The van der Waals surface area contributed by atoms with Crippen LogP contribution in [0.15, 0.2) is 36.4 Å². The summed E-state index contributed by atoms with van der Waals surface area (Å²) in [6.45, 7) is 0. The number of esters is 1. The standard InChI is InChI=1S/C14H10ClNO2S/c1-18-14(17)13-7-11-12(19-13)6-10(16-11)8-2-4-9(15)5-3-8/h2-7,16H,1H3. The Labute approximate surface area is 118 Å². The van der Waals surface area contributed by atoms with Gasteiger partial charge in [0.1, 0.15) is 4.88 Å². The van der Waals surface area contributed by atoms with E-state index in [9.17, 15) is 4.79 Å². The number of carbonyl (C=O) groups is 1. The van der Waals surface area contributed by atoms with Gasteiger partial charge in [-0.2, -0.15) is 0 Å². The van der Waals surface area contributed by atoms with Crippen LogP contribution in [0.5, 0.6) is 0 Å². The summed E-state index contributed by atoms with van der Waals surface area (Å²) in [7, 11) is 1.38. The number of fused-ring (bicyclic) bond motifs is 1. The largest absolute Gasteiger partial charge is 0.465 e. The summed E-state index contributed by atoms with van der Waals surface area (Å²) in [6.07, 6.45) is 0. The summed E-state index contributed by atoms with van der Waals surface area (Å²) in [6, 6.07) is 11.5. The number of methoxy groups -OCH3 is 1. The van der Waals surface area contributed by atoms with Crippen molar-refractivity contribution in [2.24, 2.45) is 0 Å². The van der Waals surface area contributed by atoms with Gasteiger partial charge in [0.05, 0.1) is 17.3 Å². The Bertz CT molecular complexity index is 711. The van der Waals surface area contributed by atoms with Crippen molar-refractivity contribution in [2.45, 2.75) is 0 Å². The predicted octanol–water partition coefficient (Wildman–Crippen LogP) is 4.34. The minimum atomic E-state index is -0.303. The lowest BCUT2D eigenvalue weighted by molar-refractivity contribution is 0.0606. The molecule has 96 valence electrons. The van der Waals surface area contributed by atoms with Gasteiger partial charge in [0.2, 0.25) is 0 Å². The number of ether oxygens (including phenoxy) is 1. The van der Waals surface area contributed by atoms with Crippen molar-refractivity contribution in [1.82, 2.24) is 4.98 Å². The molecule has 0 saturated carbocycles. The number of benzene rings is 1. The lowest BCUT2D eigenvalue weighted by atomic mass is 10.2. The third-order valence-electron chi connectivity index (χ3n) is 2.85. The van der Waals surface area contributed by atoms with Crippen LogP contribution in [-0.2, 0) is 4.74 Å². The highest BCUT2D eigenvalue weighted by Crippen LogP contribution is 2.31. The van der Waals surface area contributed by atoms with Gasteiger partial charge in [-0.05, 0) is 29.8 Å². The third-order valence-corrected chi connectivity index (χ3v) is 4.16. The second-order valence-corrected chi connectivity index (χ2v) is 5.59. The molecule has 19 heavy (non-hydrogen) atoms. The maximum Gasteiger partial charge on any atom is 0.348 e. The number of hydrogen-bond acceptors (Lipinski definition) is 3. The molecule has 0 unspecified atom stereocenters. The number of thiophene rings is 1. The molecule has 1 aromatic carbocycles. The van der Waals surface area contributed by atoms with Gasteiger partial charge in [0, 0.05) is 10.7 Å². The molecule has 3 rings (SSSR count). The number of H-pyrrole nitrogens is 1. The van der Waals surface area contributed by atoms with E-state index < -0.39 is 0 Å². The fourth-order valence-electron chi connectivity index (χ4n) is 1.91. The number of aromatic amines is 1. The Morgan fingerprint density at radius 1 is 1.26 bits per heavy atom. The van der Waals surface area contributed by atoms with Crippen LogP contribution >= 0.6 is 22.9 Å². The molecule has 0 amide bonds. The van der Waals surface area contributed by atoms with Gasteiger partial charge in [0.15, 0.2) is 0 Å². The molecule has 1 N–H and O–H groups in total. The van der Waals surface area contributed by atoms with E-state index in [1.54, 1.807) is 0 Å². The minimum Gasteiger partial charge on any atom is -0.465 e. The van der Waals surface area contributed by atoms with Gasteiger partial charge < -0.3 is 9.72 Å². The second kappa shape index (κ2) is 4.72. The number of aromatic nitrogens is 1. The third kappa shape index (κ3) is 2.25. The maximum atomic E-state index is 11.4. The molecular formula is C14H10ClNO2S. The second-order valence-electron chi connectivity index (χ2n) is 4.07. The molecule has 3 aromatic rings. The van der Waals surface area contributed by atoms with Gasteiger partial charge in [0.25, 0.3) is 0 Å². The van der Waals surface area contributed by atoms with Crippen molar-refractivity contribution in [1.29, 1.82) is 0 Å². The first-order valence-corrected chi connectivity index (χ1v) is 6.83. The van der Waals surface area contributed by atoms with Crippen molar-refractivity contribution in [2.75, 3.05) is 7.11 Å². The topological polar surface area (TPSA) is 42.1 Å². The summed E-state index contributed by atoms with van der Waals surface area (Å²) in [4.78, 5) is 15.3. The Balaban J connectivity index is 2.01. The SMILES string of the molecule is COC(=O)c1cc2[nH]c(-c3ccc(Cl)cc3)cc2s1. The zero-order valence-electron chi connectivity index (χ0n) is 10.1. The van der Waals surface area contributed by atoms with E-state index in [4.69, 9.17) is 16.3 Å². The minimum absolute atomic E-state index is 0.303. The van der Waals surface area contributed by atoms with Crippen LogP contribution in [0.1, 0.15) is 9.67 Å². The van der Waals surface area contributed by atoms with Crippen molar-refractivity contribution in [3.8, 4) is 11.3 Å². The van der Waals surface area contributed by atoms with Crippen molar-refractivity contribution >= 4 is 39.1 Å². The first-order chi connectivity index (χ1) is 9.17. The molecule has 0 aliphatic heterocycles. The van der Waals surface area contributed by atoms with E-state index in [0.717, 1.165) is 21.5 Å². The molecule has 0 atom stereocenters. The van der Waals surface area contributed by atoms with E-state index in [1.165, 1.54) is 18.4 Å². The predicted molar refractivity (Wildman–Crippen MR) is 78.0 cm³/mol. The number of carbonyl (C=O) groups excluding carboxylic acids is 1. The monoisotopic (exact) mass is 291 g/mol. The normalized spacial score (nSPS) is 10.8. The van der Waals surface area contributed by atoms with Crippen LogP contribution in [0.3, 0.4) is 0 Å². The number of halogens is 1. The van der Waals surface area contributed by atoms with Crippen LogP contribution in [0.25, 0.3) is 21.5 Å². The Hall–Kier alpha value is -1.78. The first kappa shape index (κ1) is 12.3. The molecule has 5 heteroatoms. The molecule has 0 spiro atoms. The number of nitrogens with one attached hydrogen (secondary N) is 1. The average Bonchev–Trinajstić information content (AvgIpc) is 2.97. The molecule has 0 aliphatic carbocycles. The van der Waals surface area contributed by atoms with Crippen LogP contribution in [0.2, 0.25) is 5.02 Å². The van der Waals surface area contributed by atoms with Gasteiger partial charge in [-0.25, -0.2) is 4.79 Å². The molecular weight excluding hydrogens is 282 g/mol. The Kier molecular flexibility index (Phi) is 3.05. The van der Waals surface area contributed by atoms with Crippen LogP contribution in [-0.4, -0.2) is 18.1 Å². The molecule has 2 heterocycles. The van der Waals surface area contributed by atoms with Crippen molar-refractivity contribution in [3.05, 3.63) is 46.3 Å². The van der Waals surface area contributed by atoms with E-state index in [0.29, 0.717) is 9.90 Å². The summed E-state index contributed by atoms with van der Waals surface area (Å²) in [5, 5.41) is 0.713. The molecule has 0 bridgehead atoms. The maximum absolute atomic E-state index is 11.4. The molecule has 0 aliphatic rings. The summed E-state index contributed by atoms with van der Waals surface area (Å²) < 4.78 is 5.74. The Morgan fingerprint density at radius 3 is 2.63 bits per heavy atom. The average molecular weight is 292 g/mol. The van der Waals surface area contributed by atoms with Crippen molar-refractivity contribution in [3.63, 3.8) is 0 Å². The van der Waals surface area contributed by atoms with E-state index in [-0.39, 0.29) is 5.97 Å². The van der Waals surface area contributed by atoms with E-state index in [2.05, 4.69) is 4.98 Å². The van der Waals surface area contributed by atoms with E-state index >= 15 is 0 Å². The summed E-state index contributed by atoms with van der Waals surface area (Å²) >= 11 is 7.29. The molecule has 2 aromatic heterocycles. The van der Waals surface area contributed by atoms with Crippen LogP contribution < -0.4 is 0 Å². The quantitative estimate of drug-likeness (QED) is 0.714. The fraction of sp³-hybridized carbons (Fsp3) is 0.0714.